The number of carbonyl (C=O) groups is 4. The highest BCUT2D eigenvalue weighted by atomic mass is 127. The Hall–Kier alpha value is -3.49. The highest BCUT2D eigenvalue weighted by Gasteiger charge is 2.19. The molecule has 0 radical (unpaired) electrons. The van der Waals surface area contributed by atoms with Crippen LogP contribution in [0.25, 0.3) is 0 Å². The maximum Gasteiger partial charge on any atom is 0.303 e. The molecule has 0 saturated heterocycles. The van der Waals surface area contributed by atoms with Crippen molar-refractivity contribution in [2.75, 3.05) is 31.0 Å². The van der Waals surface area contributed by atoms with E-state index in [4.69, 9.17) is 14.2 Å². The number of aromatic nitrogens is 2. The number of hydrogen-bond donors (Lipinski definition) is 2. The lowest BCUT2D eigenvalue weighted by atomic mass is 10.0. The summed E-state index contributed by atoms with van der Waals surface area (Å²) in [4.78, 5) is 54.3. The van der Waals surface area contributed by atoms with Crippen LogP contribution >= 0.6 is 22.6 Å². The van der Waals surface area contributed by atoms with Crippen molar-refractivity contribution in [3.8, 4) is 17.2 Å². The van der Waals surface area contributed by atoms with E-state index in [9.17, 15) is 19.2 Å². The molecule has 1 aromatic carbocycles. The summed E-state index contributed by atoms with van der Waals surface area (Å²) in [5.41, 5.74) is 0.832. The molecule has 13 heteroatoms. The average Bonchev–Trinajstić information content (AvgIpc) is 2.78. The van der Waals surface area contributed by atoms with Crippen LogP contribution < -0.4 is 20.1 Å². The quantitative estimate of drug-likeness (QED) is 0.307. The summed E-state index contributed by atoms with van der Waals surface area (Å²) in [6.07, 6.45) is 1.26. The van der Waals surface area contributed by atoms with Gasteiger partial charge in [0.05, 0.1) is 16.9 Å². The van der Waals surface area contributed by atoms with Gasteiger partial charge in [0.2, 0.25) is 5.95 Å². The van der Waals surface area contributed by atoms with E-state index < -0.39 is 37.0 Å². The van der Waals surface area contributed by atoms with E-state index in [1.807, 2.05) is 19.9 Å². The molecule has 1 heterocycles. The number of carbonyl (C=O) groups excluding carboxylic acids is 4. The summed E-state index contributed by atoms with van der Waals surface area (Å²) in [5, 5.41) is 4.84. The van der Waals surface area contributed by atoms with Gasteiger partial charge in [-0.05, 0) is 40.6 Å². The largest absolute Gasteiger partial charge is 0.496 e. The van der Waals surface area contributed by atoms with Gasteiger partial charge in [0, 0.05) is 19.4 Å². The van der Waals surface area contributed by atoms with E-state index in [0.717, 1.165) is 9.13 Å². The molecule has 2 rings (SSSR count). The summed E-state index contributed by atoms with van der Waals surface area (Å²) in [6.45, 7) is 5.21. The number of nitrogens with zero attached hydrogens (tertiary/aromatic N) is 2. The van der Waals surface area contributed by atoms with Gasteiger partial charge in [-0.1, -0.05) is 13.8 Å². The highest BCUT2D eigenvalue weighted by Crippen LogP contribution is 2.38. The van der Waals surface area contributed by atoms with Crippen LogP contribution in [0, 0.1) is 3.57 Å². The summed E-state index contributed by atoms with van der Waals surface area (Å²) < 4.78 is 21.6. The number of anilines is 2. The minimum atomic E-state index is -0.686. The van der Waals surface area contributed by atoms with Gasteiger partial charge in [0.25, 0.3) is 11.8 Å². The van der Waals surface area contributed by atoms with Crippen LogP contribution in [0.3, 0.4) is 0 Å². The fourth-order valence-electron chi connectivity index (χ4n) is 2.62. The van der Waals surface area contributed by atoms with Crippen LogP contribution in [0.5, 0.6) is 17.2 Å². The minimum Gasteiger partial charge on any atom is -0.496 e. The standard InChI is InChI=1S/C22H25IN4O8/c1-11(2)14-6-17(32-5)15(23)7-16(14)35-18-8-24-22(26-20(31)10-34-13(4)29)27-21(18)25-19(30)9-33-12(3)28/h6-8,11H,9-10H2,1-5H3,(H2,24,25,26,27,30,31). The van der Waals surface area contributed by atoms with Gasteiger partial charge in [-0.15, -0.1) is 0 Å². The zero-order valence-corrected chi connectivity index (χ0v) is 21.9. The van der Waals surface area contributed by atoms with Gasteiger partial charge >= 0.3 is 11.9 Å². The van der Waals surface area contributed by atoms with E-state index >= 15 is 0 Å². The van der Waals surface area contributed by atoms with Crippen LogP contribution in [-0.2, 0) is 28.7 Å². The third-order valence-corrected chi connectivity index (χ3v) is 5.05. The molecule has 0 aliphatic rings. The van der Waals surface area contributed by atoms with Crippen molar-refractivity contribution in [2.45, 2.75) is 33.6 Å². The SMILES string of the molecule is COc1cc(C(C)C)c(Oc2cnc(NC(=O)COC(C)=O)nc2NC(=O)COC(C)=O)cc1I. The van der Waals surface area contributed by atoms with E-state index in [1.165, 1.54) is 20.0 Å². The smallest absolute Gasteiger partial charge is 0.303 e. The molecule has 188 valence electrons. The lowest BCUT2D eigenvalue weighted by Crippen LogP contribution is -2.23. The first-order valence-electron chi connectivity index (χ1n) is 10.3. The van der Waals surface area contributed by atoms with Gasteiger partial charge in [-0.25, -0.2) is 4.98 Å². The van der Waals surface area contributed by atoms with Crippen LogP contribution in [0.2, 0.25) is 0 Å². The summed E-state index contributed by atoms with van der Waals surface area (Å²) in [5.74, 6) is -1.58. The topological polar surface area (TPSA) is 155 Å². The van der Waals surface area contributed by atoms with Crippen LogP contribution in [0.15, 0.2) is 18.3 Å². The highest BCUT2D eigenvalue weighted by molar-refractivity contribution is 14.1. The second-order valence-electron chi connectivity index (χ2n) is 7.34. The fourth-order valence-corrected chi connectivity index (χ4v) is 3.28. The molecule has 2 N–H and O–H groups in total. The lowest BCUT2D eigenvalue weighted by molar-refractivity contribution is -0.145. The zero-order chi connectivity index (χ0) is 26.1. The molecule has 2 aromatic rings. The molecule has 0 aliphatic heterocycles. The number of halogens is 1. The lowest BCUT2D eigenvalue weighted by Gasteiger charge is -2.18. The summed E-state index contributed by atoms with van der Waals surface area (Å²) in [7, 11) is 1.57. The zero-order valence-electron chi connectivity index (χ0n) is 19.8. The molecule has 0 spiro atoms. The van der Waals surface area contributed by atoms with Crippen molar-refractivity contribution < 1.29 is 38.1 Å². The van der Waals surface area contributed by atoms with E-state index in [2.05, 4.69) is 47.9 Å². The summed E-state index contributed by atoms with van der Waals surface area (Å²) >= 11 is 2.11. The van der Waals surface area contributed by atoms with Crippen molar-refractivity contribution >= 4 is 58.1 Å². The van der Waals surface area contributed by atoms with Crippen molar-refractivity contribution in [3.05, 3.63) is 27.5 Å². The Morgan fingerprint density at radius 2 is 1.54 bits per heavy atom. The van der Waals surface area contributed by atoms with Crippen molar-refractivity contribution in [1.82, 2.24) is 9.97 Å². The molecular formula is C22H25IN4O8. The third-order valence-electron chi connectivity index (χ3n) is 4.20. The Balaban J connectivity index is 2.39. The first kappa shape index (κ1) is 27.8. The van der Waals surface area contributed by atoms with Gasteiger partial charge in [-0.2, -0.15) is 4.98 Å². The number of esters is 2. The van der Waals surface area contributed by atoms with E-state index in [1.54, 1.807) is 13.2 Å². The maximum atomic E-state index is 12.3. The second kappa shape index (κ2) is 12.8. The predicted molar refractivity (Wildman–Crippen MR) is 132 cm³/mol. The fraction of sp³-hybridized carbons (Fsp3) is 0.364. The first-order valence-corrected chi connectivity index (χ1v) is 11.4. The van der Waals surface area contributed by atoms with Gasteiger partial charge < -0.3 is 24.3 Å². The Morgan fingerprint density at radius 3 is 2.09 bits per heavy atom. The molecule has 0 atom stereocenters. The number of amides is 2. The Bertz CT molecular complexity index is 1120. The molecule has 0 fully saturated rings. The number of ether oxygens (including phenoxy) is 4. The van der Waals surface area contributed by atoms with Crippen molar-refractivity contribution in [2.24, 2.45) is 0 Å². The normalized spacial score (nSPS) is 10.4. The van der Waals surface area contributed by atoms with Crippen LogP contribution in [0.4, 0.5) is 11.8 Å². The molecule has 35 heavy (non-hydrogen) atoms. The molecule has 0 saturated carbocycles. The Morgan fingerprint density at radius 1 is 0.943 bits per heavy atom. The van der Waals surface area contributed by atoms with Crippen molar-refractivity contribution in [3.63, 3.8) is 0 Å². The minimum absolute atomic E-state index is 0.0682. The van der Waals surface area contributed by atoms with Gasteiger partial charge in [0.15, 0.2) is 24.8 Å². The number of benzene rings is 1. The van der Waals surface area contributed by atoms with Crippen molar-refractivity contribution in [1.29, 1.82) is 0 Å². The molecule has 1 aromatic heterocycles. The molecule has 12 nitrogen and oxygen atoms in total. The number of rotatable bonds is 10. The van der Waals surface area contributed by atoms with E-state index in [-0.39, 0.29) is 23.4 Å². The number of hydrogen-bond acceptors (Lipinski definition) is 10. The molecule has 0 unspecified atom stereocenters. The molecular weight excluding hydrogens is 575 g/mol. The molecule has 2 amide bonds. The number of methoxy groups -OCH3 is 1. The summed E-state index contributed by atoms with van der Waals surface area (Å²) in [6, 6.07) is 3.62. The molecule has 0 bridgehead atoms. The second-order valence-corrected chi connectivity index (χ2v) is 8.51. The Kier molecular flexibility index (Phi) is 10.2. The average molecular weight is 600 g/mol. The number of nitrogens with one attached hydrogen (secondary N) is 2. The van der Waals surface area contributed by atoms with E-state index in [0.29, 0.717) is 11.5 Å². The first-order chi connectivity index (χ1) is 16.5. The van der Waals surface area contributed by atoms with Crippen LogP contribution in [0.1, 0.15) is 39.2 Å². The van der Waals surface area contributed by atoms with Crippen LogP contribution in [-0.4, -0.2) is 54.0 Å². The Labute approximate surface area is 215 Å². The predicted octanol–water partition coefficient (Wildman–Crippen LogP) is 3.01. The maximum absolute atomic E-state index is 12.3. The third kappa shape index (κ3) is 8.66. The van der Waals surface area contributed by atoms with Gasteiger partial charge in [0.1, 0.15) is 11.5 Å². The van der Waals surface area contributed by atoms with Gasteiger partial charge in [-0.3, -0.25) is 24.5 Å². The monoisotopic (exact) mass is 600 g/mol. The molecule has 0 aliphatic carbocycles.